The molecule has 2 saturated heterocycles. The maximum Gasteiger partial charge on any atom is 0.228 e. The molecule has 2 atom stereocenters. The number of anilines is 1. The van der Waals surface area contributed by atoms with E-state index in [9.17, 15) is 9.59 Å². The van der Waals surface area contributed by atoms with Crippen molar-refractivity contribution in [2.75, 3.05) is 31.5 Å². The number of nitrogens with two attached hydrogens (primary N) is 1. The van der Waals surface area contributed by atoms with Gasteiger partial charge in [-0.25, -0.2) is 0 Å². The average molecular weight is 370 g/mol. The van der Waals surface area contributed by atoms with Crippen LogP contribution in [0.1, 0.15) is 37.7 Å². The fourth-order valence-corrected chi connectivity index (χ4v) is 4.81. The van der Waals surface area contributed by atoms with E-state index in [1.54, 1.807) is 0 Å². The van der Waals surface area contributed by atoms with Crippen LogP contribution >= 0.6 is 0 Å². The minimum absolute atomic E-state index is 0.0295. The van der Waals surface area contributed by atoms with Crippen molar-refractivity contribution in [3.05, 3.63) is 29.8 Å². The quantitative estimate of drug-likeness (QED) is 0.736. The maximum absolute atomic E-state index is 12.6. The zero-order valence-corrected chi connectivity index (χ0v) is 15.9. The Labute approximate surface area is 160 Å². The second-order valence-electron chi connectivity index (χ2n) is 8.53. The molecule has 0 aromatic heterocycles. The average Bonchev–Trinajstić information content (AvgIpc) is 3.37. The molecular weight excluding hydrogens is 340 g/mol. The first-order chi connectivity index (χ1) is 13.1. The molecule has 2 unspecified atom stereocenters. The van der Waals surface area contributed by atoms with E-state index in [0.29, 0.717) is 0 Å². The number of nitrogens with zero attached hydrogens (tertiary/aromatic N) is 1. The summed E-state index contributed by atoms with van der Waals surface area (Å²) < 4.78 is 0. The number of primary amides is 1. The molecule has 6 nitrogen and oxygen atoms in total. The lowest BCUT2D eigenvalue weighted by Gasteiger charge is -2.31. The van der Waals surface area contributed by atoms with Gasteiger partial charge in [-0.2, -0.15) is 0 Å². The molecule has 1 aromatic carbocycles. The van der Waals surface area contributed by atoms with Gasteiger partial charge >= 0.3 is 0 Å². The van der Waals surface area contributed by atoms with Gasteiger partial charge < -0.3 is 16.4 Å². The maximum atomic E-state index is 12.6. The highest BCUT2D eigenvalue weighted by Crippen LogP contribution is 2.58. The lowest BCUT2D eigenvalue weighted by Crippen LogP contribution is -2.40. The fraction of sp³-hybridized carbons (Fsp3) is 0.619. The van der Waals surface area contributed by atoms with Gasteiger partial charge in [0.1, 0.15) is 0 Å². The van der Waals surface area contributed by atoms with Crippen LogP contribution in [-0.2, 0) is 16.1 Å². The molecule has 6 heteroatoms. The Morgan fingerprint density at radius 1 is 1.22 bits per heavy atom. The van der Waals surface area contributed by atoms with Crippen molar-refractivity contribution in [2.24, 2.45) is 23.0 Å². The predicted octanol–water partition coefficient (Wildman–Crippen LogP) is 1.71. The summed E-state index contributed by atoms with van der Waals surface area (Å²) in [5.74, 6) is 0.130. The topological polar surface area (TPSA) is 87.5 Å². The zero-order chi connectivity index (χ0) is 18.9. The number of nitrogens with one attached hydrogen (secondary N) is 2. The second kappa shape index (κ2) is 7.60. The summed E-state index contributed by atoms with van der Waals surface area (Å²) in [6, 6.07) is 8.10. The molecule has 1 saturated carbocycles. The Morgan fingerprint density at radius 2 is 1.96 bits per heavy atom. The van der Waals surface area contributed by atoms with Crippen LogP contribution in [0.4, 0.5) is 5.69 Å². The van der Waals surface area contributed by atoms with E-state index < -0.39 is 0 Å². The van der Waals surface area contributed by atoms with Crippen molar-refractivity contribution in [1.82, 2.24) is 10.2 Å². The predicted molar refractivity (Wildman–Crippen MR) is 105 cm³/mol. The minimum atomic E-state index is -0.190. The number of amides is 2. The van der Waals surface area contributed by atoms with Crippen LogP contribution in [0.15, 0.2) is 24.3 Å². The molecule has 3 fully saturated rings. The lowest BCUT2D eigenvalue weighted by molar-refractivity contribution is -0.123. The van der Waals surface area contributed by atoms with Gasteiger partial charge in [0.2, 0.25) is 11.8 Å². The summed E-state index contributed by atoms with van der Waals surface area (Å²) in [5.41, 5.74) is 7.79. The van der Waals surface area contributed by atoms with Gasteiger partial charge in [0.25, 0.3) is 0 Å². The molecule has 1 spiro atoms. The monoisotopic (exact) mass is 370 g/mol. The van der Waals surface area contributed by atoms with Crippen LogP contribution in [0.3, 0.4) is 0 Å². The minimum Gasteiger partial charge on any atom is -0.369 e. The molecule has 0 radical (unpaired) electrons. The van der Waals surface area contributed by atoms with Crippen molar-refractivity contribution in [3.63, 3.8) is 0 Å². The number of piperidine rings is 2. The van der Waals surface area contributed by atoms with Crippen LogP contribution in [0, 0.1) is 17.3 Å². The van der Waals surface area contributed by atoms with E-state index in [1.807, 2.05) is 12.1 Å². The normalized spacial score (nSPS) is 27.3. The van der Waals surface area contributed by atoms with E-state index in [-0.39, 0.29) is 29.1 Å². The van der Waals surface area contributed by atoms with Gasteiger partial charge in [0, 0.05) is 24.7 Å². The number of carbonyl (C=O) groups is 2. The molecule has 3 aliphatic rings. The third-order valence-corrected chi connectivity index (χ3v) is 6.64. The molecule has 1 aliphatic carbocycles. The third-order valence-electron chi connectivity index (χ3n) is 6.64. The summed E-state index contributed by atoms with van der Waals surface area (Å²) in [6.07, 6.45) is 5.18. The van der Waals surface area contributed by atoms with Gasteiger partial charge in [-0.15, -0.1) is 0 Å². The van der Waals surface area contributed by atoms with Crippen LogP contribution in [0.25, 0.3) is 0 Å². The summed E-state index contributed by atoms with van der Waals surface area (Å²) >= 11 is 0. The molecule has 2 amide bonds. The molecule has 0 bridgehead atoms. The van der Waals surface area contributed by atoms with Crippen molar-refractivity contribution in [1.29, 1.82) is 0 Å². The van der Waals surface area contributed by atoms with Gasteiger partial charge in [0.05, 0.1) is 5.92 Å². The fourth-order valence-electron chi connectivity index (χ4n) is 4.81. The van der Waals surface area contributed by atoms with Crippen molar-refractivity contribution in [2.45, 2.75) is 38.6 Å². The van der Waals surface area contributed by atoms with Crippen LogP contribution in [-0.4, -0.2) is 42.9 Å². The molecular formula is C21H30N4O2. The number of hydrogen-bond acceptors (Lipinski definition) is 4. The Morgan fingerprint density at radius 3 is 2.67 bits per heavy atom. The summed E-state index contributed by atoms with van der Waals surface area (Å²) in [6.45, 7) is 4.63. The van der Waals surface area contributed by atoms with Crippen LogP contribution in [0.5, 0.6) is 0 Å². The van der Waals surface area contributed by atoms with Crippen LogP contribution < -0.4 is 16.4 Å². The van der Waals surface area contributed by atoms with E-state index in [0.717, 1.165) is 70.5 Å². The first kappa shape index (κ1) is 18.4. The third kappa shape index (κ3) is 4.17. The number of likely N-dealkylation sites (tertiary alicyclic amines) is 1. The van der Waals surface area contributed by atoms with Crippen molar-refractivity contribution in [3.8, 4) is 0 Å². The standard InChI is InChI=1S/C21H30N4O2/c22-19(26)16-2-1-11-25(14-16)13-15-3-5-17(6-4-15)24-20(27)18-12-21(18)7-9-23-10-8-21/h3-6,16,18,23H,1-2,7-14H2,(H2,22,26)(H,24,27). The zero-order valence-electron chi connectivity index (χ0n) is 15.9. The first-order valence-electron chi connectivity index (χ1n) is 10.2. The van der Waals surface area contributed by atoms with Gasteiger partial charge in [-0.3, -0.25) is 14.5 Å². The molecule has 2 heterocycles. The highest BCUT2D eigenvalue weighted by molar-refractivity contribution is 5.95. The molecule has 4 N–H and O–H groups in total. The van der Waals surface area contributed by atoms with E-state index in [4.69, 9.17) is 5.73 Å². The summed E-state index contributed by atoms with van der Waals surface area (Å²) in [4.78, 5) is 26.3. The second-order valence-corrected chi connectivity index (χ2v) is 8.53. The van der Waals surface area contributed by atoms with E-state index in [1.165, 1.54) is 5.56 Å². The number of carbonyl (C=O) groups excluding carboxylic acids is 2. The molecule has 2 aliphatic heterocycles. The van der Waals surface area contributed by atoms with E-state index in [2.05, 4.69) is 27.7 Å². The molecule has 4 rings (SSSR count). The van der Waals surface area contributed by atoms with Crippen LogP contribution in [0.2, 0.25) is 0 Å². The number of rotatable bonds is 5. The first-order valence-corrected chi connectivity index (χ1v) is 10.2. The van der Waals surface area contributed by atoms with Gasteiger partial charge in [0.15, 0.2) is 0 Å². The van der Waals surface area contributed by atoms with Crippen molar-refractivity contribution >= 4 is 17.5 Å². The van der Waals surface area contributed by atoms with E-state index >= 15 is 0 Å². The smallest absolute Gasteiger partial charge is 0.228 e. The Kier molecular flexibility index (Phi) is 5.19. The summed E-state index contributed by atoms with van der Waals surface area (Å²) in [7, 11) is 0. The molecule has 27 heavy (non-hydrogen) atoms. The lowest BCUT2D eigenvalue weighted by atomic mass is 9.92. The summed E-state index contributed by atoms with van der Waals surface area (Å²) in [5, 5.41) is 6.47. The number of hydrogen-bond donors (Lipinski definition) is 3. The van der Waals surface area contributed by atoms with Gasteiger partial charge in [-0.05, 0) is 74.8 Å². The Bertz CT molecular complexity index is 697. The highest BCUT2D eigenvalue weighted by atomic mass is 16.2. The number of benzene rings is 1. The highest BCUT2D eigenvalue weighted by Gasteiger charge is 2.57. The SMILES string of the molecule is NC(=O)C1CCCN(Cc2ccc(NC(=O)C3CC34CCNCC4)cc2)C1. The largest absolute Gasteiger partial charge is 0.369 e. The Balaban J connectivity index is 1.29. The molecule has 1 aromatic rings. The van der Waals surface area contributed by atoms with Gasteiger partial charge in [-0.1, -0.05) is 12.1 Å². The van der Waals surface area contributed by atoms with Crippen molar-refractivity contribution < 1.29 is 9.59 Å². The molecule has 146 valence electrons. The Hall–Kier alpha value is -1.92.